The van der Waals surface area contributed by atoms with Crippen LogP contribution in [0.1, 0.15) is 12.0 Å². The monoisotopic (exact) mass is 229 g/mol. The minimum atomic E-state index is -2.85. The van der Waals surface area contributed by atoms with Gasteiger partial charge in [0, 0.05) is 11.3 Å². The summed E-state index contributed by atoms with van der Waals surface area (Å²) < 4.78 is 28.0. The van der Waals surface area contributed by atoms with Crippen LogP contribution in [0.15, 0.2) is 23.1 Å². The molecule has 80 valence electrons. The van der Waals surface area contributed by atoms with E-state index in [0.29, 0.717) is 17.7 Å². The van der Waals surface area contributed by atoms with Crippen LogP contribution in [-0.4, -0.2) is 6.61 Å². The van der Waals surface area contributed by atoms with Crippen molar-refractivity contribution in [2.45, 2.75) is 24.3 Å². The highest BCUT2D eigenvalue weighted by Crippen LogP contribution is 2.25. The number of alkyl halides is 2. The van der Waals surface area contributed by atoms with Gasteiger partial charge in [-0.25, -0.2) is 0 Å². The first-order chi connectivity index (χ1) is 7.13. The lowest BCUT2D eigenvalue weighted by molar-refractivity contribution is -0.0516. The van der Waals surface area contributed by atoms with Crippen LogP contribution in [0.2, 0.25) is 0 Å². The Labute approximate surface area is 91.9 Å². The molecule has 0 unspecified atom stereocenters. The van der Waals surface area contributed by atoms with E-state index in [0.717, 1.165) is 5.56 Å². The van der Waals surface area contributed by atoms with Gasteiger partial charge in [0.1, 0.15) is 5.75 Å². The van der Waals surface area contributed by atoms with Gasteiger partial charge in [-0.2, -0.15) is 14.0 Å². The Morgan fingerprint density at radius 3 is 2.73 bits per heavy atom. The molecule has 0 saturated carbocycles. The third-order valence-electron chi connectivity index (χ3n) is 1.76. The number of hydrogen-bond donors (Lipinski definition) is 1. The Morgan fingerprint density at radius 2 is 2.20 bits per heavy atom. The summed E-state index contributed by atoms with van der Waals surface area (Å²) >= 11 is 4.02. The molecule has 0 radical (unpaired) electrons. The first-order valence-corrected chi connectivity index (χ1v) is 4.72. The number of halogens is 2. The van der Waals surface area contributed by atoms with Gasteiger partial charge in [-0.3, -0.25) is 0 Å². The van der Waals surface area contributed by atoms with Crippen LogP contribution >= 0.6 is 12.6 Å². The zero-order valence-electron chi connectivity index (χ0n) is 7.78. The lowest BCUT2D eigenvalue weighted by Crippen LogP contribution is -2.02. The number of benzene rings is 1. The van der Waals surface area contributed by atoms with E-state index in [4.69, 9.17) is 5.26 Å². The fourth-order valence-electron chi connectivity index (χ4n) is 1.11. The summed E-state index contributed by atoms with van der Waals surface area (Å²) in [5.41, 5.74) is 0.878. The SMILES string of the molecule is N#CCCc1ccc(OC(F)F)c(S)c1. The molecule has 0 amide bonds. The number of hydrogen-bond acceptors (Lipinski definition) is 3. The minimum absolute atomic E-state index is 0.0500. The molecule has 0 aliphatic rings. The second-order valence-corrected chi connectivity index (χ2v) is 3.32. The van der Waals surface area contributed by atoms with E-state index >= 15 is 0 Å². The zero-order valence-corrected chi connectivity index (χ0v) is 8.68. The zero-order chi connectivity index (χ0) is 11.3. The summed E-state index contributed by atoms with van der Waals surface area (Å²) in [6.07, 6.45) is 0.973. The third kappa shape index (κ3) is 3.76. The molecule has 0 aliphatic carbocycles. The number of aryl methyl sites for hydroxylation is 1. The van der Waals surface area contributed by atoms with Crippen molar-refractivity contribution in [3.63, 3.8) is 0 Å². The Hall–Kier alpha value is -1.28. The number of ether oxygens (including phenoxy) is 1. The van der Waals surface area contributed by atoms with Crippen LogP contribution in [0.25, 0.3) is 0 Å². The highest BCUT2D eigenvalue weighted by Gasteiger charge is 2.07. The maximum Gasteiger partial charge on any atom is 0.387 e. The number of nitrogens with zero attached hydrogens (tertiary/aromatic N) is 1. The molecule has 0 aliphatic heterocycles. The summed E-state index contributed by atoms with van der Waals surface area (Å²) in [4.78, 5) is 0.353. The molecule has 15 heavy (non-hydrogen) atoms. The van der Waals surface area contributed by atoms with E-state index in [-0.39, 0.29) is 5.75 Å². The normalized spacial score (nSPS) is 10.1. The van der Waals surface area contributed by atoms with Gasteiger partial charge in [0.05, 0.1) is 6.07 Å². The van der Waals surface area contributed by atoms with Gasteiger partial charge in [-0.05, 0) is 24.1 Å². The molecule has 0 N–H and O–H groups in total. The standard InChI is InChI=1S/C10H9F2NOS/c11-10(12)14-8-4-3-7(2-1-5-13)6-9(8)15/h3-4,6,10,15H,1-2H2. The van der Waals surface area contributed by atoms with Crippen molar-refractivity contribution in [3.05, 3.63) is 23.8 Å². The molecule has 0 atom stereocenters. The molecule has 2 nitrogen and oxygen atoms in total. The maximum absolute atomic E-state index is 11.9. The average Bonchev–Trinajstić information content (AvgIpc) is 2.18. The predicted octanol–water partition coefficient (Wildman–Crippen LogP) is 3.03. The van der Waals surface area contributed by atoms with Crippen LogP contribution in [0.3, 0.4) is 0 Å². The largest absolute Gasteiger partial charge is 0.434 e. The summed E-state index contributed by atoms with van der Waals surface area (Å²) in [6.45, 7) is -2.85. The summed E-state index contributed by atoms with van der Waals surface area (Å²) in [6, 6.07) is 6.71. The highest BCUT2D eigenvalue weighted by molar-refractivity contribution is 7.80. The van der Waals surface area contributed by atoms with Crippen molar-refractivity contribution in [1.82, 2.24) is 0 Å². The molecule has 0 heterocycles. The van der Waals surface area contributed by atoms with Crippen molar-refractivity contribution in [1.29, 1.82) is 5.26 Å². The first kappa shape index (κ1) is 11.8. The fourth-order valence-corrected chi connectivity index (χ4v) is 1.41. The van der Waals surface area contributed by atoms with Crippen molar-refractivity contribution in [2.24, 2.45) is 0 Å². The van der Waals surface area contributed by atoms with Gasteiger partial charge in [0.25, 0.3) is 0 Å². The van der Waals surface area contributed by atoms with Crippen molar-refractivity contribution in [3.8, 4) is 11.8 Å². The van der Waals surface area contributed by atoms with Crippen LogP contribution in [0.5, 0.6) is 5.75 Å². The molecule has 1 aromatic rings. The lowest BCUT2D eigenvalue weighted by Gasteiger charge is -2.08. The third-order valence-corrected chi connectivity index (χ3v) is 2.11. The van der Waals surface area contributed by atoms with Crippen LogP contribution < -0.4 is 4.74 Å². The molecule has 0 bridgehead atoms. The van der Waals surface area contributed by atoms with Crippen LogP contribution in [-0.2, 0) is 6.42 Å². The smallest absolute Gasteiger partial charge is 0.387 e. The summed E-state index contributed by atoms with van der Waals surface area (Å²) in [5, 5.41) is 8.38. The minimum Gasteiger partial charge on any atom is -0.434 e. The molecule has 1 rings (SSSR count). The van der Waals surface area contributed by atoms with Gasteiger partial charge in [0.2, 0.25) is 0 Å². The summed E-state index contributed by atoms with van der Waals surface area (Å²) in [7, 11) is 0. The second-order valence-electron chi connectivity index (χ2n) is 2.84. The van der Waals surface area contributed by atoms with E-state index in [1.165, 1.54) is 6.07 Å². The van der Waals surface area contributed by atoms with Crippen LogP contribution in [0.4, 0.5) is 8.78 Å². The van der Waals surface area contributed by atoms with Gasteiger partial charge in [0.15, 0.2) is 0 Å². The Kier molecular flexibility index (Phi) is 4.37. The van der Waals surface area contributed by atoms with E-state index in [2.05, 4.69) is 17.4 Å². The van der Waals surface area contributed by atoms with Gasteiger partial charge in [-0.1, -0.05) is 6.07 Å². The molecular formula is C10H9F2NOS. The van der Waals surface area contributed by atoms with E-state index in [9.17, 15) is 8.78 Å². The fraction of sp³-hybridized carbons (Fsp3) is 0.300. The summed E-state index contributed by atoms with van der Waals surface area (Å²) in [5.74, 6) is 0.0500. The molecule has 1 aromatic carbocycles. The van der Waals surface area contributed by atoms with Crippen molar-refractivity contribution < 1.29 is 13.5 Å². The Balaban J connectivity index is 2.75. The van der Waals surface area contributed by atoms with Crippen molar-refractivity contribution in [2.75, 3.05) is 0 Å². The number of thiol groups is 1. The predicted molar refractivity (Wildman–Crippen MR) is 54.3 cm³/mol. The van der Waals surface area contributed by atoms with E-state index in [1.54, 1.807) is 12.1 Å². The molecule has 0 aromatic heterocycles. The van der Waals surface area contributed by atoms with E-state index < -0.39 is 6.61 Å². The topological polar surface area (TPSA) is 33.0 Å². The molecule has 5 heteroatoms. The maximum atomic E-state index is 11.9. The quantitative estimate of drug-likeness (QED) is 0.805. The van der Waals surface area contributed by atoms with Gasteiger partial charge < -0.3 is 4.74 Å². The van der Waals surface area contributed by atoms with Gasteiger partial charge >= 0.3 is 6.61 Å². The molecule has 0 spiro atoms. The lowest BCUT2D eigenvalue weighted by atomic mass is 10.1. The molecule has 0 fully saturated rings. The molecular weight excluding hydrogens is 220 g/mol. The van der Waals surface area contributed by atoms with Crippen molar-refractivity contribution >= 4 is 12.6 Å². The average molecular weight is 229 g/mol. The molecule has 0 saturated heterocycles. The van der Waals surface area contributed by atoms with Gasteiger partial charge in [-0.15, -0.1) is 12.6 Å². The number of rotatable bonds is 4. The van der Waals surface area contributed by atoms with Crippen LogP contribution in [0, 0.1) is 11.3 Å². The number of nitriles is 1. The Bertz CT molecular complexity index is 376. The second kappa shape index (κ2) is 5.56. The first-order valence-electron chi connectivity index (χ1n) is 4.27. The van der Waals surface area contributed by atoms with E-state index in [1.807, 2.05) is 6.07 Å². The highest BCUT2D eigenvalue weighted by atomic mass is 32.1. The Morgan fingerprint density at radius 1 is 1.47 bits per heavy atom.